The van der Waals surface area contributed by atoms with Crippen LogP contribution in [0.3, 0.4) is 0 Å². The van der Waals surface area contributed by atoms with E-state index >= 15 is 8.78 Å². The van der Waals surface area contributed by atoms with Gasteiger partial charge >= 0.3 is 0 Å². The Morgan fingerprint density at radius 3 is 2.61 bits per heavy atom. The van der Waals surface area contributed by atoms with Crippen LogP contribution >= 0.6 is 0 Å². The summed E-state index contributed by atoms with van der Waals surface area (Å²) in [6.07, 6.45) is 1.04. The standard InChI is InChI=1S/C24H20F4N4O5S/c1-37-24-17(9-13(25)10-30-24)38(35,36)11-12-3-6-16(26)18(19(12)27)14-4-5-15-21(20(14)28)31-32-22(15)23(34)29-7-2-8-33/h3-6,9-10,33H,2,7-8,11H2,1H3,(H,29,34)(H,31,32). The monoisotopic (exact) mass is 552 g/mol. The number of H-pyrrole nitrogens is 1. The van der Waals surface area contributed by atoms with Crippen molar-refractivity contribution in [3.05, 3.63) is 71.1 Å². The van der Waals surface area contributed by atoms with Crippen molar-refractivity contribution in [1.82, 2.24) is 20.5 Å². The molecule has 0 saturated heterocycles. The number of carbonyl (C=O) groups excluding carboxylic acids is 1. The maximum Gasteiger partial charge on any atom is 0.269 e. The van der Waals surface area contributed by atoms with Gasteiger partial charge in [-0.2, -0.15) is 5.10 Å². The van der Waals surface area contributed by atoms with Crippen LogP contribution in [0.2, 0.25) is 0 Å². The van der Waals surface area contributed by atoms with Crippen LogP contribution in [0.1, 0.15) is 22.5 Å². The highest BCUT2D eigenvalue weighted by Crippen LogP contribution is 2.35. The molecule has 4 aromatic rings. The summed E-state index contributed by atoms with van der Waals surface area (Å²) in [5.74, 6) is -6.72. The Labute approximate surface area is 213 Å². The van der Waals surface area contributed by atoms with Crippen molar-refractivity contribution >= 4 is 26.6 Å². The fourth-order valence-electron chi connectivity index (χ4n) is 3.80. The molecule has 0 aliphatic rings. The van der Waals surface area contributed by atoms with Gasteiger partial charge in [-0.25, -0.2) is 31.0 Å². The van der Waals surface area contributed by atoms with Crippen molar-refractivity contribution in [2.45, 2.75) is 17.1 Å². The zero-order chi connectivity index (χ0) is 27.6. The van der Waals surface area contributed by atoms with E-state index in [0.717, 1.165) is 31.5 Å². The molecule has 2 aromatic heterocycles. The molecule has 0 radical (unpaired) electrons. The number of amides is 1. The van der Waals surface area contributed by atoms with E-state index in [9.17, 15) is 22.0 Å². The van der Waals surface area contributed by atoms with Gasteiger partial charge in [0, 0.05) is 29.7 Å². The number of aromatic amines is 1. The smallest absolute Gasteiger partial charge is 0.269 e. The molecule has 0 aliphatic carbocycles. The van der Waals surface area contributed by atoms with Gasteiger partial charge in [-0.1, -0.05) is 12.1 Å². The number of halogens is 4. The van der Waals surface area contributed by atoms with E-state index in [1.807, 2.05) is 0 Å². The first-order valence-electron chi connectivity index (χ1n) is 11.0. The van der Waals surface area contributed by atoms with Gasteiger partial charge in [-0.3, -0.25) is 9.89 Å². The highest BCUT2D eigenvalue weighted by Gasteiger charge is 2.27. The van der Waals surface area contributed by atoms with Gasteiger partial charge in [0.05, 0.1) is 24.6 Å². The summed E-state index contributed by atoms with van der Waals surface area (Å²) in [6, 6.07) is 4.59. The van der Waals surface area contributed by atoms with Gasteiger partial charge in [-0.15, -0.1) is 0 Å². The summed E-state index contributed by atoms with van der Waals surface area (Å²) in [5, 5.41) is 17.5. The predicted octanol–water partition coefficient (Wildman–Crippen LogP) is 3.28. The fraction of sp³-hybridized carbons (Fsp3) is 0.208. The summed E-state index contributed by atoms with van der Waals surface area (Å²) in [5.41, 5.74) is -2.39. The van der Waals surface area contributed by atoms with Crippen LogP contribution < -0.4 is 10.1 Å². The zero-order valence-electron chi connectivity index (χ0n) is 19.7. The molecule has 0 saturated carbocycles. The van der Waals surface area contributed by atoms with Crippen molar-refractivity contribution in [3.8, 4) is 17.0 Å². The lowest BCUT2D eigenvalue weighted by molar-refractivity contribution is 0.0947. The number of aliphatic hydroxyl groups excluding tert-OH is 1. The van der Waals surface area contributed by atoms with Gasteiger partial charge in [0.1, 0.15) is 33.6 Å². The first kappa shape index (κ1) is 27.0. The number of hydrogen-bond donors (Lipinski definition) is 3. The maximum atomic E-state index is 15.5. The molecule has 3 N–H and O–H groups in total. The van der Waals surface area contributed by atoms with Gasteiger partial charge in [0.2, 0.25) is 5.88 Å². The molecule has 0 aliphatic heterocycles. The van der Waals surface area contributed by atoms with E-state index < -0.39 is 72.2 Å². The Kier molecular flexibility index (Phi) is 7.64. The average molecular weight is 553 g/mol. The lowest BCUT2D eigenvalue weighted by Crippen LogP contribution is -2.25. The van der Waals surface area contributed by atoms with Crippen LogP contribution in [0.5, 0.6) is 5.88 Å². The minimum atomic E-state index is -4.43. The number of nitrogens with one attached hydrogen (secondary N) is 2. The summed E-state index contributed by atoms with van der Waals surface area (Å²) in [7, 11) is -3.32. The van der Waals surface area contributed by atoms with Crippen LogP contribution in [0.15, 0.2) is 41.4 Å². The Hall–Kier alpha value is -4.04. The molecule has 4 rings (SSSR count). The topological polar surface area (TPSA) is 134 Å². The van der Waals surface area contributed by atoms with Crippen LogP contribution in [0, 0.1) is 23.3 Å². The number of methoxy groups -OCH3 is 1. The molecular formula is C24H20F4N4O5S. The lowest BCUT2D eigenvalue weighted by Gasteiger charge is -2.13. The third kappa shape index (κ3) is 5.04. The van der Waals surface area contributed by atoms with Gasteiger partial charge in [0.25, 0.3) is 5.91 Å². The second-order valence-electron chi connectivity index (χ2n) is 8.07. The molecular weight excluding hydrogens is 532 g/mol. The highest BCUT2D eigenvalue weighted by atomic mass is 32.2. The third-order valence-electron chi connectivity index (χ3n) is 5.61. The summed E-state index contributed by atoms with van der Waals surface area (Å²) >= 11 is 0. The van der Waals surface area contributed by atoms with E-state index in [1.54, 1.807) is 0 Å². The molecule has 38 heavy (non-hydrogen) atoms. The number of pyridine rings is 1. The quantitative estimate of drug-likeness (QED) is 0.214. The number of rotatable bonds is 9. The minimum absolute atomic E-state index is 0.0398. The van der Waals surface area contributed by atoms with E-state index in [1.165, 1.54) is 6.07 Å². The zero-order valence-corrected chi connectivity index (χ0v) is 20.5. The third-order valence-corrected chi connectivity index (χ3v) is 7.27. The van der Waals surface area contributed by atoms with Crippen molar-refractivity contribution < 1.29 is 40.6 Å². The first-order valence-corrected chi connectivity index (χ1v) is 12.7. The van der Waals surface area contributed by atoms with Crippen molar-refractivity contribution in [2.24, 2.45) is 0 Å². The minimum Gasteiger partial charge on any atom is -0.480 e. The number of fused-ring (bicyclic) bond motifs is 1. The van der Waals surface area contributed by atoms with E-state index in [0.29, 0.717) is 12.5 Å². The SMILES string of the molecule is COc1ncc(F)cc1S(=O)(=O)Cc1ccc(F)c(-c2ccc3c(C(=O)NCCCO)[nH]nc3c2F)c1F. The molecule has 0 unspecified atom stereocenters. The van der Waals surface area contributed by atoms with Crippen LogP contribution in [0.25, 0.3) is 22.0 Å². The number of carbonyl (C=O) groups is 1. The van der Waals surface area contributed by atoms with E-state index in [4.69, 9.17) is 9.84 Å². The second kappa shape index (κ2) is 10.8. The van der Waals surface area contributed by atoms with Crippen molar-refractivity contribution in [1.29, 1.82) is 0 Å². The van der Waals surface area contributed by atoms with Crippen LogP contribution in [-0.4, -0.2) is 54.9 Å². The molecule has 0 spiro atoms. The second-order valence-corrected chi connectivity index (χ2v) is 10.0. The number of aromatic nitrogens is 3. The molecule has 14 heteroatoms. The number of nitrogens with zero attached hydrogens (tertiary/aromatic N) is 2. The maximum absolute atomic E-state index is 15.5. The molecule has 0 fully saturated rings. The highest BCUT2D eigenvalue weighted by molar-refractivity contribution is 7.90. The molecule has 0 bridgehead atoms. The Balaban J connectivity index is 1.75. The average Bonchev–Trinajstić information content (AvgIpc) is 3.32. The molecule has 2 aromatic carbocycles. The number of benzene rings is 2. The number of ether oxygens (including phenoxy) is 1. The van der Waals surface area contributed by atoms with Crippen LogP contribution in [-0.2, 0) is 15.6 Å². The predicted molar refractivity (Wildman–Crippen MR) is 127 cm³/mol. The van der Waals surface area contributed by atoms with Gasteiger partial charge in [0.15, 0.2) is 15.7 Å². The van der Waals surface area contributed by atoms with Crippen LogP contribution in [0.4, 0.5) is 17.6 Å². The Bertz CT molecular complexity index is 1640. The van der Waals surface area contributed by atoms with Gasteiger partial charge in [-0.05, 0) is 24.6 Å². The molecule has 200 valence electrons. The molecule has 2 heterocycles. The Morgan fingerprint density at radius 2 is 1.89 bits per heavy atom. The van der Waals surface area contributed by atoms with Crippen molar-refractivity contribution in [3.63, 3.8) is 0 Å². The lowest BCUT2D eigenvalue weighted by atomic mass is 9.99. The summed E-state index contributed by atoms with van der Waals surface area (Å²) in [6.45, 7) is 0.00620. The normalized spacial score (nSPS) is 11.6. The number of aliphatic hydroxyl groups is 1. The number of hydrogen-bond acceptors (Lipinski definition) is 7. The van der Waals surface area contributed by atoms with Crippen molar-refractivity contribution in [2.75, 3.05) is 20.3 Å². The molecule has 1 amide bonds. The molecule has 0 atom stereocenters. The summed E-state index contributed by atoms with van der Waals surface area (Å²) < 4.78 is 90.1. The van der Waals surface area contributed by atoms with E-state index in [2.05, 4.69) is 20.5 Å². The van der Waals surface area contributed by atoms with Gasteiger partial charge < -0.3 is 15.2 Å². The fourth-order valence-corrected chi connectivity index (χ4v) is 5.29. The van der Waals surface area contributed by atoms with E-state index in [-0.39, 0.29) is 29.7 Å². The molecule has 9 nitrogen and oxygen atoms in total. The summed E-state index contributed by atoms with van der Waals surface area (Å²) in [4.78, 5) is 15.2. The first-order chi connectivity index (χ1) is 18.1. The number of sulfone groups is 1. The largest absolute Gasteiger partial charge is 0.480 e. The Morgan fingerprint density at radius 1 is 1.13 bits per heavy atom.